The number of benzene rings is 2. The van der Waals surface area contributed by atoms with Crippen molar-refractivity contribution in [3.8, 4) is 5.75 Å². The molecule has 2 aromatic rings. The van der Waals surface area contributed by atoms with Gasteiger partial charge in [-0.1, -0.05) is 48.5 Å². The topological polar surface area (TPSA) is 126 Å². The third kappa shape index (κ3) is 3.76. The number of hydrogen-bond donors (Lipinski definition) is 3. The quantitative estimate of drug-likeness (QED) is 0.448. The highest BCUT2D eigenvalue weighted by Gasteiger charge is 2.55. The van der Waals surface area contributed by atoms with Crippen LogP contribution in [0.4, 0.5) is 9.59 Å². The van der Waals surface area contributed by atoms with Gasteiger partial charge in [0.15, 0.2) is 5.54 Å². The SMILES string of the molecule is CCOC(=O)C1=C(CN2C(=O)NC3(CCOc4ccccc43)C2=O)NC(=O)NC1c1ccccc1. The van der Waals surface area contributed by atoms with E-state index >= 15 is 0 Å². The minimum Gasteiger partial charge on any atom is -0.493 e. The number of para-hydroxylation sites is 1. The van der Waals surface area contributed by atoms with Crippen LogP contribution in [-0.4, -0.2) is 48.6 Å². The van der Waals surface area contributed by atoms with Crippen LogP contribution in [0.2, 0.25) is 0 Å². The Morgan fingerprint density at radius 1 is 1.11 bits per heavy atom. The van der Waals surface area contributed by atoms with E-state index in [2.05, 4.69) is 16.0 Å². The van der Waals surface area contributed by atoms with Gasteiger partial charge in [-0.25, -0.2) is 14.4 Å². The summed E-state index contributed by atoms with van der Waals surface area (Å²) in [5, 5.41) is 8.18. The van der Waals surface area contributed by atoms with Crippen molar-refractivity contribution in [3.63, 3.8) is 0 Å². The highest BCUT2D eigenvalue weighted by molar-refractivity contribution is 6.08. The molecule has 10 heteroatoms. The molecule has 10 nitrogen and oxygen atoms in total. The van der Waals surface area contributed by atoms with Gasteiger partial charge in [-0.15, -0.1) is 0 Å². The van der Waals surface area contributed by atoms with Crippen molar-refractivity contribution in [1.29, 1.82) is 0 Å². The number of nitrogens with zero attached hydrogens (tertiary/aromatic N) is 1. The summed E-state index contributed by atoms with van der Waals surface area (Å²) in [5.41, 5.74) is 0.221. The average molecular weight is 476 g/mol. The molecule has 0 aromatic heterocycles. The van der Waals surface area contributed by atoms with E-state index in [0.29, 0.717) is 16.9 Å². The van der Waals surface area contributed by atoms with E-state index < -0.39 is 35.5 Å². The summed E-state index contributed by atoms with van der Waals surface area (Å²) in [6, 6.07) is 14.0. The van der Waals surface area contributed by atoms with Gasteiger partial charge in [0.25, 0.3) is 5.91 Å². The summed E-state index contributed by atoms with van der Waals surface area (Å²) in [7, 11) is 0. The molecule has 3 aliphatic rings. The zero-order valence-electron chi connectivity index (χ0n) is 19.0. The van der Waals surface area contributed by atoms with Gasteiger partial charge >= 0.3 is 18.0 Å². The number of urea groups is 2. The molecule has 3 N–H and O–H groups in total. The molecule has 5 amide bonds. The van der Waals surface area contributed by atoms with Crippen LogP contribution in [0.25, 0.3) is 0 Å². The lowest BCUT2D eigenvalue weighted by atomic mass is 9.84. The molecule has 1 fully saturated rings. The third-order valence-electron chi connectivity index (χ3n) is 6.36. The number of carbonyl (C=O) groups excluding carboxylic acids is 4. The van der Waals surface area contributed by atoms with Gasteiger partial charge in [-0.05, 0) is 18.6 Å². The predicted molar refractivity (Wildman–Crippen MR) is 123 cm³/mol. The number of ether oxygens (including phenoxy) is 2. The fraction of sp³-hybridized carbons (Fsp3) is 0.280. The van der Waals surface area contributed by atoms with E-state index in [-0.39, 0.29) is 37.4 Å². The van der Waals surface area contributed by atoms with Crippen molar-refractivity contribution in [2.24, 2.45) is 0 Å². The van der Waals surface area contributed by atoms with Gasteiger partial charge in [0.2, 0.25) is 0 Å². The number of imide groups is 1. The van der Waals surface area contributed by atoms with Crippen LogP contribution in [-0.2, 0) is 19.9 Å². The van der Waals surface area contributed by atoms with E-state index in [1.807, 2.05) is 6.07 Å². The van der Waals surface area contributed by atoms with Gasteiger partial charge < -0.3 is 25.4 Å². The first kappa shape index (κ1) is 22.5. The lowest BCUT2D eigenvalue weighted by Gasteiger charge is -2.33. The lowest BCUT2D eigenvalue weighted by molar-refractivity contribution is -0.139. The van der Waals surface area contributed by atoms with E-state index in [9.17, 15) is 19.2 Å². The minimum atomic E-state index is -1.27. The van der Waals surface area contributed by atoms with Gasteiger partial charge in [-0.3, -0.25) is 9.69 Å². The Balaban J connectivity index is 1.54. The highest BCUT2D eigenvalue weighted by atomic mass is 16.5. The Kier molecular flexibility index (Phi) is 5.64. The van der Waals surface area contributed by atoms with Gasteiger partial charge in [0.1, 0.15) is 5.75 Å². The normalized spacial score (nSPS) is 23.3. The smallest absolute Gasteiger partial charge is 0.338 e. The molecule has 0 radical (unpaired) electrons. The fourth-order valence-electron chi connectivity index (χ4n) is 4.76. The summed E-state index contributed by atoms with van der Waals surface area (Å²) in [4.78, 5) is 53.3. The first-order valence-corrected chi connectivity index (χ1v) is 11.3. The first-order valence-electron chi connectivity index (χ1n) is 11.3. The minimum absolute atomic E-state index is 0.119. The van der Waals surface area contributed by atoms with Crippen LogP contribution in [0.15, 0.2) is 65.9 Å². The van der Waals surface area contributed by atoms with Crippen LogP contribution in [0.1, 0.15) is 30.5 Å². The molecule has 3 aliphatic heterocycles. The van der Waals surface area contributed by atoms with Crippen LogP contribution >= 0.6 is 0 Å². The summed E-state index contributed by atoms with van der Waals surface area (Å²) >= 11 is 0. The average Bonchev–Trinajstić information content (AvgIpc) is 3.09. The maximum atomic E-state index is 13.7. The number of fused-ring (bicyclic) bond motifs is 2. The van der Waals surface area contributed by atoms with E-state index in [4.69, 9.17) is 9.47 Å². The molecular weight excluding hydrogens is 452 g/mol. The molecule has 2 unspecified atom stereocenters. The zero-order valence-corrected chi connectivity index (χ0v) is 19.0. The Hall–Kier alpha value is -4.34. The van der Waals surface area contributed by atoms with E-state index in [1.165, 1.54) is 0 Å². The van der Waals surface area contributed by atoms with Crippen molar-refractivity contribution >= 4 is 23.9 Å². The molecule has 0 aliphatic carbocycles. The number of rotatable bonds is 5. The first-order chi connectivity index (χ1) is 16.9. The largest absolute Gasteiger partial charge is 0.493 e. The summed E-state index contributed by atoms with van der Waals surface area (Å²) in [6.45, 7) is 1.74. The molecule has 35 heavy (non-hydrogen) atoms. The monoisotopic (exact) mass is 476 g/mol. The van der Waals surface area contributed by atoms with Gasteiger partial charge in [0, 0.05) is 12.0 Å². The standard InChI is InChI=1S/C25H24N4O6/c1-2-34-21(30)19-17(26-23(32)27-20(19)15-8-4-3-5-9-15)14-29-22(31)25(28-24(29)33)12-13-35-18-11-7-6-10-16(18)25/h3-11,20H,2,12-14H2,1H3,(H,28,33)(H2,26,27,32). The fourth-order valence-corrected chi connectivity index (χ4v) is 4.76. The third-order valence-corrected chi connectivity index (χ3v) is 6.36. The van der Waals surface area contributed by atoms with Crippen molar-refractivity contribution in [3.05, 3.63) is 77.0 Å². The summed E-state index contributed by atoms with van der Waals surface area (Å²) in [5.74, 6) is -0.597. The van der Waals surface area contributed by atoms with Gasteiger partial charge in [-0.2, -0.15) is 0 Å². The van der Waals surface area contributed by atoms with Gasteiger partial charge in [0.05, 0.1) is 37.1 Å². The number of carbonyl (C=O) groups is 4. The van der Waals surface area contributed by atoms with Crippen molar-refractivity contribution in [2.45, 2.75) is 24.9 Å². The van der Waals surface area contributed by atoms with E-state index in [1.54, 1.807) is 55.5 Å². The molecule has 5 rings (SSSR count). The van der Waals surface area contributed by atoms with Crippen molar-refractivity contribution in [2.75, 3.05) is 19.8 Å². The molecule has 0 saturated carbocycles. The van der Waals surface area contributed by atoms with Crippen molar-refractivity contribution in [1.82, 2.24) is 20.9 Å². The Labute approximate surface area is 201 Å². The number of amides is 5. The molecule has 1 saturated heterocycles. The lowest BCUT2D eigenvalue weighted by Crippen LogP contribution is -2.50. The maximum absolute atomic E-state index is 13.7. The highest BCUT2D eigenvalue weighted by Crippen LogP contribution is 2.41. The Morgan fingerprint density at radius 2 is 1.86 bits per heavy atom. The second kappa shape index (κ2) is 8.79. The molecule has 180 valence electrons. The number of hydrogen-bond acceptors (Lipinski definition) is 6. The Bertz CT molecular complexity index is 1240. The number of nitrogens with one attached hydrogen (secondary N) is 3. The second-order valence-corrected chi connectivity index (χ2v) is 8.38. The summed E-state index contributed by atoms with van der Waals surface area (Å²) in [6.07, 6.45) is 0.259. The zero-order chi connectivity index (χ0) is 24.6. The summed E-state index contributed by atoms with van der Waals surface area (Å²) < 4.78 is 10.9. The van der Waals surface area contributed by atoms with E-state index in [0.717, 1.165) is 4.90 Å². The Morgan fingerprint density at radius 3 is 2.63 bits per heavy atom. The number of esters is 1. The molecule has 2 aromatic carbocycles. The molecule has 3 heterocycles. The second-order valence-electron chi connectivity index (χ2n) is 8.38. The van der Waals surface area contributed by atoms with Crippen LogP contribution in [0.5, 0.6) is 5.75 Å². The molecule has 2 atom stereocenters. The van der Waals surface area contributed by atoms with Crippen LogP contribution < -0.4 is 20.7 Å². The maximum Gasteiger partial charge on any atom is 0.338 e. The molecule has 1 spiro atoms. The van der Waals surface area contributed by atoms with Crippen molar-refractivity contribution < 1.29 is 28.7 Å². The van der Waals surface area contributed by atoms with Crippen LogP contribution in [0, 0.1) is 0 Å². The predicted octanol–water partition coefficient (Wildman–Crippen LogP) is 2.09. The molecule has 0 bridgehead atoms. The van der Waals surface area contributed by atoms with Crippen LogP contribution in [0.3, 0.4) is 0 Å². The molecular formula is C25H24N4O6.